The third-order valence-electron chi connectivity index (χ3n) is 6.53. The van der Waals surface area contributed by atoms with Gasteiger partial charge in [-0.1, -0.05) is 17.3 Å². The number of nitrogens with zero attached hydrogens (tertiary/aromatic N) is 4. The first-order chi connectivity index (χ1) is 16.6. The van der Waals surface area contributed by atoms with Crippen molar-refractivity contribution in [1.29, 1.82) is 0 Å². The van der Waals surface area contributed by atoms with Crippen molar-refractivity contribution in [2.75, 3.05) is 6.54 Å². The van der Waals surface area contributed by atoms with Gasteiger partial charge in [-0.3, -0.25) is 0 Å². The van der Waals surface area contributed by atoms with Gasteiger partial charge in [-0.2, -0.15) is 4.98 Å². The molecule has 3 heterocycles. The normalized spacial score (nSPS) is 14.0. The molecule has 0 spiro atoms. The highest BCUT2D eigenvalue weighted by Crippen LogP contribution is 2.32. The summed E-state index contributed by atoms with van der Waals surface area (Å²) < 4.78 is 13.5. The van der Waals surface area contributed by atoms with Gasteiger partial charge in [-0.05, 0) is 88.9 Å². The van der Waals surface area contributed by atoms with Gasteiger partial charge in [0.2, 0.25) is 5.82 Å². The Kier molecular flexibility index (Phi) is 5.66. The van der Waals surface area contributed by atoms with E-state index in [1.54, 1.807) is 4.90 Å². The Labute approximate surface area is 205 Å². The maximum absolute atomic E-state index is 12.5. The Morgan fingerprint density at radius 1 is 1.14 bits per heavy atom. The van der Waals surface area contributed by atoms with Crippen LogP contribution in [-0.2, 0) is 17.7 Å². The summed E-state index contributed by atoms with van der Waals surface area (Å²) in [5.74, 6) is 1.09. The van der Waals surface area contributed by atoms with Crippen molar-refractivity contribution in [3.05, 3.63) is 59.3 Å². The number of rotatable bonds is 3. The standard InChI is InChI=1S/C28H32N4O3/c1-17(2)32-14-11-19-15-20(8-10-24(19)32)26-29-25(30-35-26)23-9-7-21-16-31(13-12-22(21)18(23)3)27(33)34-28(4,5)6/h7-11,14-15,17H,12-13,16H2,1-6H3. The van der Waals surface area contributed by atoms with Crippen LogP contribution >= 0.6 is 0 Å². The second-order valence-electron chi connectivity index (χ2n) is 10.5. The lowest BCUT2D eigenvalue weighted by Gasteiger charge is -2.32. The van der Waals surface area contributed by atoms with Crippen molar-refractivity contribution in [2.45, 2.75) is 66.2 Å². The molecule has 2 aromatic carbocycles. The zero-order valence-corrected chi connectivity index (χ0v) is 21.3. The van der Waals surface area contributed by atoms with Crippen LogP contribution in [0.4, 0.5) is 4.79 Å². The topological polar surface area (TPSA) is 73.4 Å². The second-order valence-corrected chi connectivity index (χ2v) is 10.5. The number of carbonyl (C=O) groups is 1. The fourth-order valence-electron chi connectivity index (χ4n) is 4.76. The van der Waals surface area contributed by atoms with Crippen LogP contribution in [0.25, 0.3) is 33.7 Å². The summed E-state index contributed by atoms with van der Waals surface area (Å²) in [5.41, 5.74) is 6.05. The molecule has 0 saturated heterocycles. The number of ether oxygens (including phenoxy) is 1. The number of carbonyl (C=O) groups excluding carboxylic acids is 1. The maximum Gasteiger partial charge on any atom is 0.410 e. The average molecular weight is 473 g/mol. The Morgan fingerprint density at radius 3 is 2.69 bits per heavy atom. The highest BCUT2D eigenvalue weighted by Gasteiger charge is 2.27. The summed E-state index contributed by atoms with van der Waals surface area (Å²) in [4.78, 5) is 19.0. The summed E-state index contributed by atoms with van der Waals surface area (Å²) in [7, 11) is 0. The fourth-order valence-corrected chi connectivity index (χ4v) is 4.76. The molecule has 4 aromatic rings. The van der Waals surface area contributed by atoms with Crippen molar-refractivity contribution in [2.24, 2.45) is 0 Å². The van der Waals surface area contributed by atoms with Crippen LogP contribution in [0.5, 0.6) is 0 Å². The zero-order valence-electron chi connectivity index (χ0n) is 21.3. The highest BCUT2D eigenvalue weighted by molar-refractivity contribution is 5.84. The first-order valence-corrected chi connectivity index (χ1v) is 12.1. The molecule has 35 heavy (non-hydrogen) atoms. The van der Waals surface area contributed by atoms with E-state index >= 15 is 0 Å². The lowest BCUT2D eigenvalue weighted by Crippen LogP contribution is -2.40. The van der Waals surface area contributed by atoms with Crippen molar-refractivity contribution in [3.63, 3.8) is 0 Å². The van der Waals surface area contributed by atoms with Crippen molar-refractivity contribution < 1.29 is 14.1 Å². The summed E-state index contributed by atoms with van der Waals surface area (Å²) >= 11 is 0. The third kappa shape index (κ3) is 4.43. The number of amides is 1. The van der Waals surface area contributed by atoms with Crippen LogP contribution in [0.2, 0.25) is 0 Å². The Hall–Kier alpha value is -3.61. The second kappa shape index (κ2) is 8.56. The van der Waals surface area contributed by atoms with Gasteiger partial charge in [0.15, 0.2) is 0 Å². The maximum atomic E-state index is 12.5. The number of hydrogen-bond acceptors (Lipinski definition) is 5. The van der Waals surface area contributed by atoms with Gasteiger partial charge in [-0.15, -0.1) is 0 Å². The van der Waals surface area contributed by atoms with E-state index in [2.05, 4.69) is 61.0 Å². The van der Waals surface area contributed by atoms with E-state index in [1.165, 1.54) is 11.1 Å². The predicted octanol–water partition coefficient (Wildman–Crippen LogP) is 6.54. The van der Waals surface area contributed by atoms with E-state index in [0.717, 1.165) is 34.1 Å². The minimum Gasteiger partial charge on any atom is -0.444 e. The van der Waals surface area contributed by atoms with Gasteiger partial charge < -0.3 is 18.7 Å². The van der Waals surface area contributed by atoms with Crippen LogP contribution < -0.4 is 0 Å². The van der Waals surface area contributed by atoms with Crippen LogP contribution in [-0.4, -0.2) is 37.8 Å². The summed E-state index contributed by atoms with van der Waals surface area (Å²) in [6.45, 7) is 13.3. The minimum absolute atomic E-state index is 0.270. The smallest absolute Gasteiger partial charge is 0.410 e. The number of fused-ring (bicyclic) bond motifs is 2. The number of hydrogen-bond donors (Lipinski definition) is 0. The van der Waals surface area contributed by atoms with E-state index in [4.69, 9.17) is 14.2 Å². The molecule has 7 heteroatoms. The Balaban J connectivity index is 1.39. The molecule has 0 aliphatic carbocycles. The monoisotopic (exact) mass is 472 g/mol. The fraction of sp³-hybridized carbons (Fsp3) is 0.393. The number of aromatic nitrogens is 3. The third-order valence-corrected chi connectivity index (χ3v) is 6.53. The van der Waals surface area contributed by atoms with Gasteiger partial charge in [0, 0.05) is 47.4 Å². The molecule has 5 rings (SSSR count). The molecule has 182 valence electrons. The van der Waals surface area contributed by atoms with Gasteiger partial charge in [0.25, 0.3) is 5.89 Å². The van der Waals surface area contributed by atoms with E-state index in [-0.39, 0.29) is 6.09 Å². The van der Waals surface area contributed by atoms with Crippen LogP contribution in [0.3, 0.4) is 0 Å². The average Bonchev–Trinajstić information content (AvgIpc) is 3.45. The molecule has 0 unspecified atom stereocenters. The Bertz CT molecular complexity index is 1410. The van der Waals surface area contributed by atoms with Gasteiger partial charge in [-0.25, -0.2) is 4.79 Å². The SMILES string of the molecule is Cc1c(-c2noc(-c3ccc4c(ccn4C(C)C)c3)n2)ccc2c1CCN(C(=O)OC(C)(C)C)C2. The molecule has 0 saturated carbocycles. The van der Waals surface area contributed by atoms with Crippen molar-refractivity contribution >= 4 is 17.0 Å². The van der Waals surface area contributed by atoms with Gasteiger partial charge in [0.1, 0.15) is 5.60 Å². The summed E-state index contributed by atoms with van der Waals surface area (Å²) in [6, 6.07) is 12.8. The molecule has 0 bridgehead atoms. The molecular weight excluding hydrogens is 440 g/mol. The molecule has 1 aliphatic rings. The number of benzene rings is 2. The molecule has 0 atom stereocenters. The van der Waals surface area contributed by atoms with E-state index < -0.39 is 5.60 Å². The van der Waals surface area contributed by atoms with Crippen molar-refractivity contribution in [3.8, 4) is 22.8 Å². The Morgan fingerprint density at radius 2 is 1.94 bits per heavy atom. The van der Waals surface area contributed by atoms with Gasteiger partial charge >= 0.3 is 6.09 Å². The first kappa shape index (κ1) is 23.1. The highest BCUT2D eigenvalue weighted by atomic mass is 16.6. The quantitative estimate of drug-likeness (QED) is 0.338. The predicted molar refractivity (Wildman–Crippen MR) is 136 cm³/mol. The van der Waals surface area contributed by atoms with Crippen LogP contribution in [0.15, 0.2) is 47.1 Å². The first-order valence-electron chi connectivity index (χ1n) is 12.1. The van der Waals surface area contributed by atoms with E-state index in [1.807, 2.05) is 32.9 Å². The summed E-state index contributed by atoms with van der Waals surface area (Å²) in [6.07, 6.45) is 2.61. The van der Waals surface area contributed by atoms with E-state index in [9.17, 15) is 4.79 Å². The van der Waals surface area contributed by atoms with Gasteiger partial charge in [0.05, 0.1) is 0 Å². The summed E-state index contributed by atoms with van der Waals surface area (Å²) in [5, 5.41) is 5.44. The largest absolute Gasteiger partial charge is 0.444 e. The molecule has 1 aliphatic heterocycles. The molecule has 0 N–H and O–H groups in total. The molecule has 0 radical (unpaired) electrons. The minimum atomic E-state index is -0.504. The van der Waals surface area contributed by atoms with Crippen LogP contribution in [0.1, 0.15) is 57.4 Å². The van der Waals surface area contributed by atoms with Crippen LogP contribution in [0, 0.1) is 6.92 Å². The molecule has 0 fully saturated rings. The van der Waals surface area contributed by atoms with Crippen molar-refractivity contribution in [1.82, 2.24) is 19.6 Å². The lowest BCUT2D eigenvalue weighted by molar-refractivity contribution is 0.0224. The molecule has 2 aromatic heterocycles. The molecule has 7 nitrogen and oxygen atoms in total. The zero-order chi connectivity index (χ0) is 24.9. The molecule has 1 amide bonds. The lowest BCUT2D eigenvalue weighted by atomic mass is 9.91. The molecular formula is C28H32N4O3. The van der Waals surface area contributed by atoms with E-state index in [0.29, 0.717) is 30.8 Å².